The van der Waals surface area contributed by atoms with E-state index in [9.17, 15) is 9.59 Å². The Balaban J connectivity index is 1.55. The van der Waals surface area contributed by atoms with Gasteiger partial charge in [-0.25, -0.2) is 0 Å². The van der Waals surface area contributed by atoms with Gasteiger partial charge in [0.05, 0.1) is 10.6 Å². The Hall–Kier alpha value is -2.93. The summed E-state index contributed by atoms with van der Waals surface area (Å²) in [5.41, 5.74) is 5.94. The highest BCUT2D eigenvalue weighted by Gasteiger charge is 2.11. The fraction of sp³-hybridized carbons (Fsp3) is 0. The van der Waals surface area contributed by atoms with Gasteiger partial charge < -0.3 is 0 Å². The van der Waals surface area contributed by atoms with Gasteiger partial charge >= 0.3 is 0 Å². The second-order valence-corrected chi connectivity index (χ2v) is 7.18. The average molecular weight is 444 g/mol. The molecule has 0 fully saturated rings. The molecule has 3 N–H and O–H groups in total. The van der Waals surface area contributed by atoms with E-state index in [0.717, 1.165) is 16.3 Å². The summed E-state index contributed by atoms with van der Waals surface area (Å²) in [6.45, 7) is 0. The summed E-state index contributed by atoms with van der Waals surface area (Å²) < 4.78 is 0. The van der Waals surface area contributed by atoms with Crippen molar-refractivity contribution in [1.29, 1.82) is 0 Å². The molecule has 0 atom stereocenters. The fourth-order valence-corrected chi connectivity index (χ4v) is 3.25. The lowest BCUT2D eigenvalue weighted by molar-refractivity contribution is -0.115. The van der Waals surface area contributed by atoms with Crippen molar-refractivity contribution < 1.29 is 9.59 Å². The highest BCUT2D eigenvalue weighted by molar-refractivity contribution is 7.80. The first-order chi connectivity index (χ1) is 13.9. The maximum atomic E-state index is 12.1. The number of nitrogens with one attached hydrogen (secondary N) is 3. The Labute approximate surface area is 182 Å². The summed E-state index contributed by atoms with van der Waals surface area (Å²) in [5.74, 6) is -0.955. The minimum Gasteiger partial charge on any atom is -0.298 e. The van der Waals surface area contributed by atoms with E-state index in [0.29, 0.717) is 5.02 Å². The van der Waals surface area contributed by atoms with E-state index in [4.69, 9.17) is 35.4 Å². The zero-order chi connectivity index (χ0) is 20.8. The molecule has 3 rings (SSSR count). The normalized spacial score (nSPS) is 10.7. The number of carbonyl (C=O) groups is 2. The number of hydrogen-bond acceptors (Lipinski definition) is 3. The number of halogens is 2. The van der Waals surface area contributed by atoms with Crippen molar-refractivity contribution in [3.8, 4) is 0 Å². The standard InChI is InChI=1S/C21H15Cl2N3O2S/c22-15-9-10-17(18(23)12-15)20(28)25-26-21(29)24-19(27)11-8-14-6-3-5-13-4-1-2-7-16(13)14/h1-12H,(H,25,28)(H2,24,26,27,29). The van der Waals surface area contributed by atoms with Gasteiger partial charge in [-0.15, -0.1) is 0 Å². The van der Waals surface area contributed by atoms with E-state index >= 15 is 0 Å². The van der Waals surface area contributed by atoms with Crippen LogP contribution in [0.25, 0.3) is 16.8 Å². The molecule has 3 aromatic rings. The lowest BCUT2D eigenvalue weighted by Crippen LogP contribution is -2.48. The highest BCUT2D eigenvalue weighted by Crippen LogP contribution is 2.21. The zero-order valence-corrected chi connectivity index (χ0v) is 17.2. The van der Waals surface area contributed by atoms with Crippen molar-refractivity contribution in [3.63, 3.8) is 0 Å². The third-order valence-corrected chi connectivity index (χ3v) is 4.69. The topological polar surface area (TPSA) is 70.2 Å². The number of rotatable bonds is 3. The molecule has 0 aliphatic rings. The largest absolute Gasteiger partial charge is 0.298 e. The molecule has 3 aromatic carbocycles. The van der Waals surface area contributed by atoms with Gasteiger partial charge in [0.2, 0.25) is 5.91 Å². The summed E-state index contributed by atoms with van der Waals surface area (Å²) in [5, 5.41) is 5.12. The first-order valence-corrected chi connectivity index (χ1v) is 9.62. The second-order valence-electron chi connectivity index (χ2n) is 5.92. The number of amides is 2. The van der Waals surface area contributed by atoms with Crippen molar-refractivity contribution >= 4 is 69.2 Å². The number of thiocarbonyl (C=S) groups is 1. The molecule has 0 spiro atoms. The first kappa shape index (κ1) is 20.8. The van der Waals surface area contributed by atoms with Gasteiger partial charge in [0.25, 0.3) is 5.91 Å². The number of fused-ring (bicyclic) bond motifs is 1. The van der Waals surface area contributed by atoms with Crippen LogP contribution in [0.3, 0.4) is 0 Å². The molecular weight excluding hydrogens is 429 g/mol. The molecule has 0 bridgehead atoms. The van der Waals surface area contributed by atoms with Gasteiger partial charge in [-0.3, -0.25) is 25.8 Å². The lowest BCUT2D eigenvalue weighted by Gasteiger charge is -2.10. The third-order valence-electron chi connectivity index (χ3n) is 3.94. The number of carbonyl (C=O) groups excluding carboxylic acids is 2. The Morgan fingerprint density at radius 2 is 1.69 bits per heavy atom. The van der Waals surface area contributed by atoms with Gasteiger partial charge in [-0.05, 0) is 52.8 Å². The van der Waals surface area contributed by atoms with Crippen LogP contribution in [-0.2, 0) is 4.79 Å². The summed E-state index contributed by atoms with van der Waals surface area (Å²) in [6.07, 6.45) is 3.07. The van der Waals surface area contributed by atoms with Crippen molar-refractivity contribution in [1.82, 2.24) is 16.2 Å². The van der Waals surface area contributed by atoms with E-state index in [1.54, 1.807) is 12.1 Å². The minimum atomic E-state index is -0.519. The molecule has 29 heavy (non-hydrogen) atoms. The van der Waals surface area contributed by atoms with Crippen LogP contribution >= 0.6 is 35.4 Å². The van der Waals surface area contributed by atoms with Gasteiger partial charge in [0.15, 0.2) is 5.11 Å². The van der Waals surface area contributed by atoms with Gasteiger partial charge in [0.1, 0.15) is 0 Å². The summed E-state index contributed by atoms with van der Waals surface area (Å²) in [7, 11) is 0. The van der Waals surface area contributed by atoms with Crippen LogP contribution in [0.1, 0.15) is 15.9 Å². The molecule has 0 aliphatic carbocycles. The number of hydrogen-bond donors (Lipinski definition) is 3. The van der Waals surface area contributed by atoms with E-state index < -0.39 is 11.8 Å². The average Bonchev–Trinajstić information content (AvgIpc) is 2.70. The van der Waals surface area contributed by atoms with Crippen LogP contribution < -0.4 is 16.2 Å². The molecular formula is C21H15Cl2N3O2S. The van der Waals surface area contributed by atoms with E-state index in [-0.39, 0.29) is 15.7 Å². The second kappa shape index (κ2) is 9.52. The van der Waals surface area contributed by atoms with Gasteiger partial charge in [-0.1, -0.05) is 65.7 Å². The molecule has 0 aromatic heterocycles. The smallest absolute Gasteiger partial charge is 0.271 e. The molecule has 0 radical (unpaired) electrons. The molecule has 8 heteroatoms. The monoisotopic (exact) mass is 443 g/mol. The summed E-state index contributed by atoms with van der Waals surface area (Å²) in [6, 6.07) is 18.2. The van der Waals surface area contributed by atoms with Crippen LogP contribution in [0.4, 0.5) is 0 Å². The fourth-order valence-electron chi connectivity index (χ4n) is 2.60. The van der Waals surface area contributed by atoms with Crippen LogP contribution in [0.5, 0.6) is 0 Å². The van der Waals surface area contributed by atoms with Crippen molar-refractivity contribution in [3.05, 3.63) is 87.9 Å². The molecule has 146 valence electrons. The third kappa shape index (κ3) is 5.54. The zero-order valence-electron chi connectivity index (χ0n) is 14.9. The van der Waals surface area contributed by atoms with Crippen LogP contribution in [0, 0.1) is 0 Å². The van der Waals surface area contributed by atoms with E-state index in [2.05, 4.69) is 16.2 Å². The Kier molecular flexibility index (Phi) is 6.82. The van der Waals surface area contributed by atoms with Crippen LogP contribution in [-0.4, -0.2) is 16.9 Å². The quantitative estimate of drug-likeness (QED) is 0.316. The van der Waals surface area contributed by atoms with Crippen LogP contribution in [0.15, 0.2) is 66.7 Å². The first-order valence-electron chi connectivity index (χ1n) is 8.46. The van der Waals surface area contributed by atoms with Gasteiger partial charge in [-0.2, -0.15) is 0 Å². The lowest BCUT2D eigenvalue weighted by atomic mass is 10.0. The molecule has 5 nitrogen and oxygen atoms in total. The van der Waals surface area contributed by atoms with E-state index in [1.165, 1.54) is 18.2 Å². The summed E-state index contributed by atoms with van der Waals surface area (Å²) >= 11 is 16.8. The minimum absolute atomic E-state index is 0.0593. The van der Waals surface area contributed by atoms with Crippen molar-refractivity contribution in [2.24, 2.45) is 0 Å². The molecule has 0 saturated carbocycles. The molecule has 0 heterocycles. The number of hydrazine groups is 1. The Morgan fingerprint density at radius 1 is 0.931 bits per heavy atom. The molecule has 0 aliphatic heterocycles. The molecule has 0 unspecified atom stereocenters. The SMILES string of the molecule is O=C(C=Cc1cccc2ccccc12)NC(=S)NNC(=O)c1ccc(Cl)cc1Cl. The van der Waals surface area contributed by atoms with Crippen molar-refractivity contribution in [2.45, 2.75) is 0 Å². The van der Waals surface area contributed by atoms with Crippen molar-refractivity contribution in [2.75, 3.05) is 0 Å². The maximum Gasteiger partial charge on any atom is 0.271 e. The maximum absolute atomic E-state index is 12.1. The molecule has 2 amide bonds. The highest BCUT2D eigenvalue weighted by atomic mass is 35.5. The van der Waals surface area contributed by atoms with Crippen LogP contribution in [0.2, 0.25) is 10.0 Å². The predicted octanol–water partition coefficient (Wildman–Crippen LogP) is 4.50. The summed E-state index contributed by atoms with van der Waals surface area (Å²) in [4.78, 5) is 24.2. The molecule has 0 saturated heterocycles. The van der Waals surface area contributed by atoms with Gasteiger partial charge in [0, 0.05) is 11.1 Å². The van der Waals surface area contributed by atoms with E-state index in [1.807, 2.05) is 42.5 Å². The Morgan fingerprint density at radius 3 is 2.48 bits per heavy atom. The predicted molar refractivity (Wildman–Crippen MR) is 121 cm³/mol. The Bertz CT molecular complexity index is 1130. The number of benzene rings is 3.